The predicted molar refractivity (Wildman–Crippen MR) is 90.1 cm³/mol. The molecule has 1 amide bonds. The number of rotatable bonds is 5. The Kier molecular flexibility index (Phi) is 5.08. The van der Waals surface area contributed by atoms with Crippen molar-refractivity contribution >= 4 is 11.6 Å². The molecular formula is C18H23N3O2. The predicted octanol–water partition coefficient (Wildman–Crippen LogP) is 3.33. The van der Waals surface area contributed by atoms with Gasteiger partial charge in [-0.2, -0.15) is 0 Å². The Bertz CT molecular complexity index is 660. The van der Waals surface area contributed by atoms with Crippen LogP contribution in [0.15, 0.2) is 36.7 Å². The van der Waals surface area contributed by atoms with Crippen LogP contribution in [0.2, 0.25) is 0 Å². The summed E-state index contributed by atoms with van der Waals surface area (Å²) in [7, 11) is 0. The zero-order chi connectivity index (χ0) is 16.1. The summed E-state index contributed by atoms with van der Waals surface area (Å²) in [5.41, 5.74) is 1.82. The number of carbonyl (C=O) groups excluding carboxylic acids is 1. The summed E-state index contributed by atoms with van der Waals surface area (Å²) in [4.78, 5) is 16.8. The average Bonchev–Trinajstić information content (AvgIpc) is 3.04. The third-order valence-corrected chi connectivity index (χ3v) is 4.10. The van der Waals surface area contributed by atoms with Crippen LogP contribution < -0.4 is 5.32 Å². The maximum atomic E-state index is 12.3. The first-order valence-corrected chi connectivity index (χ1v) is 8.28. The van der Waals surface area contributed by atoms with Gasteiger partial charge in [-0.1, -0.05) is 19.1 Å². The number of amides is 1. The van der Waals surface area contributed by atoms with Crippen LogP contribution in [0.5, 0.6) is 0 Å². The van der Waals surface area contributed by atoms with Crippen molar-refractivity contribution in [2.45, 2.75) is 32.7 Å². The van der Waals surface area contributed by atoms with E-state index < -0.39 is 0 Å². The highest BCUT2D eigenvalue weighted by atomic mass is 16.5. The van der Waals surface area contributed by atoms with Gasteiger partial charge in [0.25, 0.3) is 0 Å². The molecule has 0 unspecified atom stereocenters. The number of imidazole rings is 1. The Morgan fingerprint density at radius 3 is 3.17 bits per heavy atom. The van der Waals surface area contributed by atoms with Crippen molar-refractivity contribution in [3.8, 4) is 11.4 Å². The molecule has 23 heavy (non-hydrogen) atoms. The molecule has 5 nitrogen and oxygen atoms in total. The molecule has 122 valence electrons. The lowest BCUT2D eigenvalue weighted by Crippen LogP contribution is -2.30. The lowest BCUT2D eigenvalue weighted by atomic mass is 10.0. The number of ether oxygens (including phenoxy) is 1. The van der Waals surface area contributed by atoms with Gasteiger partial charge in [0, 0.05) is 36.8 Å². The van der Waals surface area contributed by atoms with Crippen molar-refractivity contribution in [2.24, 2.45) is 5.92 Å². The molecule has 0 aliphatic carbocycles. The van der Waals surface area contributed by atoms with E-state index in [2.05, 4.69) is 21.8 Å². The molecule has 0 spiro atoms. The van der Waals surface area contributed by atoms with Crippen molar-refractivity contribution in [1.82, 2.24) is 9.55 Å². The smallest absolute Gasteiger partial charge is 0.229 e. The van der Waals surface area contributed by atoms with E-state index in [4.69, 9.17) is 4.74 Å². The van der Waals surface area contributed by atoms with Gasteiger partial charge >= 0.3 is 0 Å². The highest BCUT2D eigenvalue weighted by Gasteiger charge is 2.21. The second-order valence-electron chi connectivity index (χ2n) is 5.93. The van der Waals surface area contributed by atoms with Gasteiger partial charge < -0.3 is 14.6 Å². The maximum Gasteiger partial charge on any atom is 0.229 e. The fourth-order valence-corrected chi connectivity index (χ4v) is 2.92. The standard InChI is InChI=1S/C18H23N3O2/c1-2-9-21-10-8-19-17(21)14-5-3-7-16(12-14)20-18(22)15-6-4-11-23-13-15/h3,5,7-8,10,12,15H,2,4,6,9,11,13H2,1H3,(H,20,22)/t15-/m0/s1. The highest BCUT2D eigenvalue weighted by molar-refractivity contribution is 5.93. The average molecular weight is 313 g/mol. The Morgan fingerprint density at radius 2 is 2.39 bits per heavy atom. The third-order valence-electron chi connectivity index (χ3n) is 4.10. The van der Waals surface area contributed by atoms with E-state index in [9.17, 15) is 4.79 Å². The number of aromatic nitrogens is 2. The van der Waals surface area contributed by atoms with Gasteiger partial charge in [0.05, 0.1) is 12.5 Å². The van der Waals surface area contributed by atoms with E-state index >= 15 is 0 Å². The van der Waals surface area contributed by atoms with Gasteiger partial charge in [-0.25, -0.2) is 4.98 Å². The second-order valence-corrected chi connectivity index (χ2v) is 5.93. The van der Waals surface area contributed by atoms with Crippen LogP contribution in [0.1, 0.15) is 26.2 Å². The van der Waals surface area contributed by atoms with Gasteiger partial charge in [0.15, 0.2) is 0 Å². The first kappa shape index (κ1) is 15.7. The molecule has 0 bridgehead atoms. The summed E-state index contributed by atoms with van der Waals surface area (Å²) >= 11 is 0. The number of hydrogen-bond acceptors (Lipinski definition) is 3. The Labute approximate surface area is 136 Å². The van der Waals surface area contributed by atoms with E-state index in [0.717, 1.165) is 49.5 Å². The summed E-state index contributed by atoms with van der Waals surface area (Å²) in [6, 6.07) is 7.87. The van der Waals surface area contributed by atoms with Crippen molar-refractivity contribution in [3.05, 3.63) is 36.7 Å². The number of anilines is 1. The number of nitrogens with one attached hydrogen (secondary N) is 1. The van der Waals surface area contributed by atoms with Gasteiger partial charge in [-0.05, 0) is 31.4 Å². The minimum absolute atomic E-state index is 0.0405. The van der Waals surface area contributed by atoms with Crippen molar-refractivity contribution in [1.29, 1.82) is 0 Å². The summed E-state index contributed by atoms with van der Waals surface area (Å²) in [5, 5.41) is 3.01. The largest absolute Gasteiger partial charge is 0.381 e. The first-order valence-electron chi connectivity index (χ1n) is 8.28. The summed E-state index contributed by atoms with van der Waals surface area (Å²) < 4.78 is 7.53. The number of hydrogen-bond donors (Lipinski definition) is 1. The van der Waals surface area contributed by atoms with Gasteiger partial charge in [0.2, 0.25) is 5.91 Å². The Hall–Kier alpha value is -2.14. The van der Waals surface area contributed by atoms with Crippen molar-refractivity contribution in [3.63, 3.8) is 0 Å². The molecule has 1 saturated heterocycles. The first-order chi connectivity index (χ1) is 11.3. The topological polar surface area (TPSA) is 56.2 Å². The zero-order valence-electron chi connectivity index (χ0n) is 13.5. The van der Waals surface area contributed by atoms with E-state index in [1.165, 1.54) is 0 Å². The lowest BCUT2D eigenvalue weighted by Gasteiger charge is -2.21. The van der Waals surface area contributed by atoms with Crippen LogP contribution in [0.3, 0.4) is 0 Å². The molecule has 1 aromatic heterocycles. The minimum Gasteiger partial charge on any atom is -0.381 e. The van der Waals surface area contributed by atoms with Crippen LogP contribution in [-0.4, -0.2) is 28.7 Å². The normalized spacial score (nSPS) is 17.9. The van der Waals surface area contributed by atoms with Crippen molar-refractivity contribution in [2.75, 3.05) is 18.5 Å². The second kappa shape index (κ2) is 7.42. The zero-order valence-corrected chi connectivity index (χ0v) is 13.5. The van der Waals surface area contributed by atoms with Gasteiger partial charge in [0.1, 0.15) is 5.82 Å². The van der Waals surface area contributed by atoms with Crippen LogP contribution >= 0.6 is 0 Å². The summed E-state index contributed by atoms with van der Waals surface area (Å²) in [5.74, 6) is 0.928. The van der Waals surface area contributed by atoms with Crippen LogP contribution in [0, 0.1) is 5.92 Å². The molecule has 3 rings (SSSR count). The third kappa shape index (κ3) is 3.79. The molecule has 5 heteroatoms. The number of carbonyl (C=O) groups is 1. The molecule has 1 atom stereocenters. The van der Waals surface area contributed by atoms with E-state index in [1.54, 1.807) is 0 Å². The molecule has 0 saturated carbocycles. The molecular weight excluding hydrogens is 290 g/mol. The van der Waals surface area contributed by atoms with Gasteiger partial charge in [-0.3, -0.25) is 4.79 Å². The fraction of sp³-hybridized carbons (Fsp3) is 0.444. The molecule has 2 aromatic rings. The number of nitrogens with zero attached hydrogens (tertiary/aromatic N) is 2. The minimum atomic E-state index is -0.0468. The molecule has 1 N–H and O–H groups in total. The summed E-state index contributed by atoms with van der Waals surface area (Å²) in [6.45, 7) is 4.36. The van der Waals surface area contributed by atoms with Crippen LogP contribution in [-0.2, 0) is 16.1 Å². The molecule has 1 aliphatic rings. The molecule has 0 radical (unpaired) electrons. The lowest BCUT2D eigenvalue weighted by molar-refractivity contribution is -0.123. The van der Waals surface area contributed by atoms with Crippen LogP contribution in [0.25, 0.3) is 11.4 Å². The highest BCUT2D eigenvalue weighted by Crippen LogP contribution is 2.23. The Balaban J connectivity index is 1.74. The SMILES string of the molecule is CCCn1ccnc1-c1cccc(NC(=O)[C@H]2CCCOC2)c1. The van der Waals surface area contributed by atoms with Gasteiger partial charge in [-0.15, -0.1) is 0 Å². The quantitative estimate of drug-likeness (QED) is 0.921. The van der Waals surface area contributed by atoms with Crippen molar-refractivity contribution < 1.29 is 9.53 Å². The molecule has 2 heterocycles. The fourth-order valence-electron chi connectivity index (χ4n) is 2.92. The van der Waals surface area contributed by atoms with E-state index in [0.29, 0.717) is 6.61 Å². The van der Waals surface area contributed by atoms with E-state index in [1.807, 2.05) is 36.7 Å². The molecule has 1 aliphatic heterocycles. The number of benzene rings is 1. The number of aryl methyl sites for hydroxylation is 1. The molecule has 1 aromatic carbocycles. The Morgan fingerprint density at radius 1 is 1.48 bits per heavy atom. The van der Waals surface area contributed by atoms with Crippen LogP contribution in [0.4, 0.5) is 5.69 Å². The molecule has 1 fully saturated rings. The summed E-state index contributed by atoms with van der Waals surface area (Å²) in [6.07, 6.45) is 6.71. The maximum absolute atomic E-state index is 12.3. The monoisotopic (exact) mass is 313 g/mol. The van der Waals surface area contributed by atoms with E-state index in [-0.39, 0.29) is 11.8 Å².